The summed E-state index contributed by atoms with van der Waals surface area (Å²) in [4.78, 5) is 28.5. The number of carboxylic acids is 1. The van der Waals surface area contributed by atoms with Crippen LogP contribution in [0.4, 0.5) is 4.39 Å². The lowest BCUT2D eigenvalue weighted by molar-refractivity contribution is 0.0690. The highest BCUT2D eigenvalue weighted by Gasteiger charge is 2.18. The van der Waals surface area contributed by atoms with Gasteiger partial charge in [0, 0.05) is 22.0 Å². The second-order valence-corrected chi connectivity index (χ2v) is 5.51. The summed E-state index contributed by atoms with van der Waals surface area (Å²) in [6.45, 7) is 1.46. The molecule has 2 N–H and O–H groups in total. The quantitative estimate of drug-likeness (QED) is 0.666. The normalized spacial score (nSPS) is 10.6. The third-order valence-electron chi connectivity index (χ3n) is 2.72. The van der Waals surface area contributed by atoms with Gasteiger partial charge in [-0.1, -0.05) is 17.7 Å². The van der Waals surface area contributed by atoms with Gasteiger partial charge >= 0.3 is 11.7 Å². The second-order valence-electron chi connectivity index (χ2n) is 4.14. The van der Waals surface area contributed by atoms with Crippen molar-refractivity contribution in [1.29, 1.82) is 0 Å². The van der Waals surface area contributed by atoms with Crippen molar-refractivity contribution in [2.45, 2.75) is 17.7 Å². The van der Waals surface area contributed by atoms with Crippen molar-refractivity contribution in [3.63, 3.8) is 0 Å². The molecule has 0 saturated carbocycles. The molecular formula is C13H10ClFN2O3S. The minimum atomic E-state index is -1.21. The van der Waals surface area contributed by atoms with Crippen molar-refractivity contribution in [2.75, 3.05) is 0 Å². The van der Waals surface area contributed by atoms with Crippen LogP contribution in [0.1, 0.15) is 21.6 Å². The summed E-state index contributed by atoms with van der Waals surface area (Å²) in [7, 11) is 0. The molecule has 0 saturated heterocycles. The van der Waals surface area contributed by atoms with Crippen LogP contribution >= 0.6 is 23.4 Å². The first-order valence-electron chi connectivity index (χ1n) is 5.80. The molecule has 8 heteroatoms. The molecular weight excluding hydrogens is 319 g/mol. The minimum Gasteiger partial charge on any atom is -0.478 e. The highest BCUT2D eigenvalue weighted by Crippen LogP contribution is 2.29. The predicted molar refractivity (Wildman–Crippen MR) is 77.5 cm³/mol. The summed E-state index contributed by atoms with van der Waals surface area (Å²) in [6, 6.07) is 4.27. The average Bonchev–Trinajstić information content (AvgIpc) is 2.36. The van der Waals surface area contributed by atoms with Gasteiger partial charge in [-0.2, -0.15) is 4.98 Å². The van der Waals surface area contributed by atoms with Gasteiger partial charge in [0.2, 0.25) is 0 Å². The van der Waals surface area contributed by atoms with E-state index in [4.69, 9.17) is 16.7 Å². The lowest BCUT2D eigenvalue weighted by Crippen LogP contribution is -2.18. The lowest BCUT2D eigenvalue weighted by atomic mass is 10.2. The first-order valence-corrected chi connectivity index (χ1v) is 7.16. The number of aromatic carboxylic acids is 1. The molecule has 0 amide bonds. The van der Waals surface area contributed by atoms with E-state index in [1.165, 1.54) is 25.1 Å². The molecule has 1 aromatic heterocycles. The van der Waals surface area contributed by atoms with Gasteiger partial charge in [-0.15, -0.1) is 11.8 Å². The molecule has 0 spiro atoms. The fourth-order valence-electron chi connectivity index (χ4n) is 1.73. The first kappa shape index (κ1) is 15.5. The van der Waals surface area contributed by atoms with Gasteiger partial charge < -0.3 is 10.1 Å². The van der Waals surface area contributed by atoms with Crippen LogP contribution in [0.3, 0.4) is 0 Å². The SMILES string of the molecule is Cc1[nH]c(=O)nc(SCc2c(F)cccc2Cl)c1C(=O)O. The Bertz CT molecular complexity index is 743. The van der Waals surface area contributed by atoms with E-state index in [0.717, 1.165) is 11.8 Å². The van der Waals surface area contributed by atoms with Crippen LogP contribution in [0.15, 0.2) is 28.0 Å². The van der Waals surface area contributed by atoms with Crippen molar-refractivity contribution in [3.8, 4) is 0 Å². The smallest absolute Gasteiger partial charge is 0.346 e. The Hall–Kier alpha value is -1.86. The number of hydrogen-bond donors (Lipinski definition) is 2. The highest BCUT2D eigenvalue weighted by atomic mass is 35.5. The number of halogens is 2. The number of nitrogens with zero attached hydrogens (tertiary/aromatic N) is 1. The molecule has 0 radical (unpaired) electrons. The Morgan fingerprint density at radius 3 is 2.86 bits per heavy atom. The Kier molecular flexibility index (Phi) is 4.64. The number of benzene rings is 1. The molecule has 21 heavy (non-hydrogen) atoms. The van der Waals surface area contributed by atoms with Crippen LogP contribution in [0, 0.1) is 12.7 Å². The summed E-state index contributed by atoms with van der Waals surface area (Å²) in [5.41, 5.74) is -0.323. The van der Waals surface area contributed by atoms with Crippen LogP contribution in [0.2, 0.25) is 5.02 Å². The number of carbonyl (C=O) groups is 1. The minimum absolute atomic E-state index is 0.0306. The van der Waals surface area contributed by atoms with Crippen molar-refractivity contribution in [1.82, 2.24) is 9.97 Å². The number of hydrogen-bond acceptors (Lipinski definition) is 4. The molecule has 0 atom stereocenters. The van der Waals surface area contributed by atoms with Crippen molar-refractivity contribution < 1.29 is 14.3 Å². The zero-order valence-electron chi connectivity index (χ0n) is 10.8. The Morgan fingerprint density at radius 2 is 2.24 bits per heavy atom. The molecule has 1 heterocycles. The zero-order valence-corrected chi connectivity index (χ0v) is 12.4. The number of rotatable bonds is 4. The zero-order chi connectivity index (χ0) is 15.6. The fraction of sp³-hybridized carbons (Fsp3) is 0.154. The van der Waals surface area contributed by atoms with Gasteiger partial charge in [0.05, 0.1) is 0 Å². The molecule has 2 aromatic rings. The van der Waals surface area contributed by atoms with Crippen LogP contribution in [-0.4, -0.2) is 21.0 Å². The third kappa shape index (κ3) is 3.43. The van der Waals surface area contributed by atoms with Crippen molar-refractivity contribution >= 4 is 29.3 Å². The van der Waals surface area contributed by atoms with E-state index in [-0.39, 0.29) is 32.6 Å². The Balaban J connectivity index is 2.36. The molecule has 2 rings (SSSR count). The van der Waals surface area contributed by atoms with E-state index in [0.29, 0.717) is 0 Å². The van der Waals surface area contributed by atoms with Crippen LogP contribution < -0.4 is 5.69 Å². The van der Waals surface area contributed by atoms with Gasteiger partial charge in [-0.25, -0.2) is 14.0 Å². The Labute approximate surface area is 128 Å². The first-order chi connectivity index (χ1) is 9.90. The maximum atomic E-state index is 13.7. The Morgan fingerprint density at radius 1 is 1.52 bits per heavy atom. The highest BCUT2D eigenvalue weighted by molar-refractivity contribution is 7.98. The van der Waals surface area contributed by atoms with Crippen LogP contribution in [0.5, 0.6) is 0 Å². The predicted octanol–water partition coefficient (Wildman–Crippen LogP) is 2.86. The number of H-pyrrole nitrogens is 1. The molecule has 0 bridgehead atoms. The van der Waals surface area contributed by atoms with Gasteiger partial charge in [0.1, 0.15) is 16.4 Å². The topological polar surface area (TPSA) is 83.0 Å². The molecule has 0 aliphatic heterocycles. The number of carboxylic acid groups (broad SMARTS) is 1. The summed E-state index contributed by atoms with van der Waals surface area (Å²) < 4.78 is 13.7. The van der Waals surface area contributed by atoms with Gasteiger partial charge in [0.15, 0.2) is 0 Å². The number of nitrogens with one attached hydrogen (secondary N) is 1. The summed E-state index contributed by atoms with van der Waals surface area (Å²) in [5.74, 6) is -1.63. The van der Waals surface area contributed by atoms with E-state index < -0.39 is 17.5 Å². The average molecular weight is 329 g/mol. The van der Waals surface area contributed by atoms with E-state index in [1.807, 2.05) is 0 Å². The van der Waals surface area contributed by atoms with E-state index in [9.17, 15) is 14.0 Å². The molecule has 0 unspecified atom stereocenters. The number of aromatic amines is 1. The summed E-state index contributed by atoms with van der Waals surface area (Å²) >= 11 is 6.85. The maximum Gasteiger partial charge on any atom is 0.346 e. The lowest BCUT2D eigenvalue weighted by Gasteiger charge is -2.08. The second kappa shape index (κ2) is 6.28. The van der Waals surface area contributed by atoms with E-state index in [1.54, 1.807) is 0 Å². The number of aromatic nitrogens is 2. The molecule has 110 valence electrons. The number of aryl methyl sites for hydroxylation is 1. The standard InChI is InChI=1S/C13H10ClFN2O3S/c1-6-10(12(18)19)11(17-13(20)16-6)21-5-7-8(14)3-2-4-9(7)15/h2-4H,5H2,1H3,(H,18,19)(H,16,17,20). The van der Waals surface area contributed by atoms with Crippen LogP contribution in [0.25, 0.3) is 0 Å². The summed E-state index contributed by atoms with van der Waals surface area (Å²) in [6.07, 6.45) is 0. The van der Waals surface area contributed by atoms with Crippen LogP contribution in [-0.2, 0) is 5.75 Å². The summed E-state index contributed by atoms with van der Waals surface area (Å²) in [5, 5.41) is 9.44. The molecule has 1 aromatic carbocycles. The van der Waals surface area contributed by atoms with Gasteiger partial charge in [-0.05, 0) is 19.1 Å². The van der Waals surface area contributed by atoms with Crippen molar-refractivity contribution in [2.24, 2.45) is 0 Å². The third-order valence-corrected chi connectivity index (χ3v) is 4.07. The number of thioether (sulfide) groups is 1. The molecule has 0 fully saturated rings. The van der Waals surface area contributed by atoms with E-state index in [2.05, 4.69) is 9.97 Å². The van der Waals surface area contributed by atoms with Crippen molar-refractivity contribution in [3.05, 3.63) is 56.3 Å². The fourth-order valence-corrected chi connectivity index (χ4v) is 3.14. The largest absolute Gasteiger partial charge is 0.478 e. The molecule has 0 aliphatic rings. The van der Waals surface area contributed by atoms with Gasteiger partial charge in [0.25, 0.3) is 0 Å². The van der Waals surface area contributed by atoms with Gasteiger partial charge in [-0.3, -0.25) is 0 Å². The monoisotopic (exact) mass is 328 g/mol. The van der Waals surface area contributed by atoms with E-state index >= 15 is 0 Å². The molecule has 0 aliphatic carbocycles. The molecule has 5 nitrogen and oxygen atoms in total. The maximum absolute atomic E-state index is 13.7.